The summed E-state index contributed by atoms with van der Waals surface area (Å²) < 4.78 is 0. The van der Waals surface area contributed by atoms with Crippen LogP contribution in [0.4, 0.5) is 0 Å². The van der Waals surface area contributed by atoms with Crippen LogP contribution in [-0.2, 0) is 9.59 Å². The van der Waals surface area contributed by atoms with E-state index in [1.165, 1.54) is 0 Å². The van der Waals surface area contributed by atoms with Crippen LogP contribution in [0.5, 0.6) is 0 Å². The summed E-state index contributed by atoms with van der Waals surface area (Å²) in [6.45, 7) is 4.14. The van der Waals surface area contributed by atoms with Gasteiger partial charge >= 0.3 is 0 Å². The molecule has 1 aliphatic heterocycles. The Bertz CT molecular complexity index is 218. The maximum Gasteiger partial charge on any atom is 0.230 e. The van der Waals surface area contributed by atoms with Gasteiger partial charge < -0.3 is 0 Å². The van der Waals surface area contributed by atoms with Crippen LogP contribution < -0.4 is 5.32 Å². The molecule has 1 aliphatic rings. The molecular weight excluding hydrogens is 185 g/mol. The summed E-state index contributed by atoms with van der Waals surface area (Å²) in [6.07, 6.45) is 2.45. The van der Waals surface area contributed by atoms with Gasteiger partial charge in [0.05, 0.1) is 0 Å². The third-order valence-corrected chi connectivity index (χ3v) is 3.81. The molecule has 1 heterocycles. The summed E-state index contributed by atoms with van der Waals surface area (Å²) in [7, 11) is 0.687. The molecule has 0 aromatic heterocycles. The maximum atomic E-state index is 11.4. The van der Waals surface area contributed by atoms with E-state index in [1.54, 1.807) is 0 Å². The van der Waals surface area contributed by atoms with Crippen molar-refractivity contribution >= 4 is 20.4 Å². The van der Waals surface area contributed by atoms with Gasteiger partial charge in [-0.1, -0.05) is 13.3 Å². The van der Waals surface area contributed by atoms with E-state index >= 15 is 0 Å². The van der Waals surface area contributed by atoms with Crippen molar-refractivity contribution < 1.29 is 9.59 Å². The Morgan fingerprint density at radius 2 is 2.23 bits per heavy atom. The van der Waals surface area contributed by atoms with Gasteiger partial charge in [-0.15, -0.1) is 8.58 Å². The Hall–Kier alpha value is -0.430. The van der Waals surface area contributed by atoms with Crippen molar-refractivity contribution in [3.63, 3.8) is 0 Å². The number of hydrogen-bond donors (Lipinski definition) is 1. The molecule has 4 heteroatoms. The van der Waals surface area contributed by atoms with Crippen molar-refractivity contribution in [1.82, 2.24) is 5.32 Å². The van der Waals surface area contributed by atoms with Crippen molar-refractivity contribution in [2.24, 2.45) is 5.92 Å². The minimum Gasteiger partial charge on any atom is -0.296 e. The Morgan fingerprint density at radius 1 is 1.54 bits per heavy atom. The monoisotopic (exact) mass is 201 g/mol. The van der Waals surface area contributed by atoms with Gasteiger partial charge in [-0.25, -0.2) is 0 Å². The second-order valence-corrected chi connectivity index (χ2v) is 4.73. The fraction of sp³-hybridized carbons (Fsp3) is 0.778. The highest BCUT2D eigenvalue weighted by Crippen LogP contribution is 2.31. The van der Waals surface area contributed by atoms with Crippen LogP contribution >= 0.6 is 8.58 Å². The Kier molecular flexibility index (Phi) is 3.86. The zero-order valence-corrected chi connectivity index (χ0v) is 9.09. The van der Waals surface area contributed by atoms with Gasteiger partial charge in [0, 0.05) is 12.3 Å². The van der Waals surface area contributed by atoms with E-state index in [1.807, 2.05) is 0 Å². The summed E-state index contributed by atoms with van der Waals surface area (Å²) in [4.78, 5) is 22.5. The van der Waals surface area contributed by atoms with Gasteiger partial charge in [0.1, 0.15) is 0 Å². The molecule has 0 radical (unpaired) electrons. The van der Waals surface area contributed by atoms with Crippen molar-refractivity contribution in [3.8, 4) is 0 Å². The first-order chi connectivity index (χ1) is 6.19. The predicted molar refractivity (Wildman–Crippen MR) is 54.2 cm³/mol. The molecule has 0 spiro atoms. The molecule has 13 heavy (non-hydrogen) atoms. The quantitative estimate of drug-likeness (QED) is 0.549. The molecular formula is C9H16NO2P. The first-order valence-corrected chi connectivity index (χ1v) is 6.27. The van der Waals surface area contributed by atoms with E-state index in [4.69, 9.17) is 0 Å². The number of rotatable bonds is 3. The second-order valence-electron chi connectivity index (χ2n) is 3.41. The van der Waals surface area contributed by atoms with E-state index in [0.717, 1.165) is 12.8 Å². The van der Waals surface area contributed by atoms with Crippen LogP contribution in [0, 0.1) is 5.92 Å². The van der Waals surface area contributed by atoms with Crippen LogP contribution in [-0.4, -0.2) is 24.1 Å². The second kappa shape index (κ2) is 4.71. The molecule has 3 unspecified atom stereocenters. The standard InChI is InChI=1S/C9H16NO2P/c1-3-4-6-7(13-2)5-8(11)10-9(6)12/h6-7,13H,3-5H2,1-2H3,(H,10,11,12). The van der Waals surface area contributed by atoms with Crippen molar-refractivity contribution in [1.29, 1.82) is 0 Å². The van der Waals surface area contributed by atoms with Gasteiger partial charge in [-0.3, -0.25) is 14.9 Å². The lowest BCUT2D eigenvalue weighted by Gasteiger charge is -2.28. The molecule has 1 fully saturated rings. The average Bonchev–Trinajstić information content (AvgIpc) is 2.09. The van der Waals surface area contributed by atoms with Gasteiger partial charge in [0.15, 0.2) is 0 Å². The summed E-state index contributed by atoms with van der Waals surface area (Å²) in [5.74, 6) is -0.0832. The van der Waals surface area contributed by atoms with Gasteiger partial charge in [0.2, 0.25) is 11.8 Å². The molecule has 0 bridgehead atoms. The minimum atomic E-state index is -0.100. The fourth-order valence-corrected chi connectivity index (χ4v) is 2.86. The predicted octanol–water partition coefficient (Wildman–Crippen LogP) is 1.13. The molecule has 0 aliphatic carbocycles. The summed E-state index contributed by atoms with van der Waals surface area (Å²) in [6, 6.07) is 0. The summed E-state index contributed by atoms with van der Waals surface area (Å²) >= 11 is 0. The highest BCUT2D eigenvalue weighted by atomic mass is 31.1. The van der Waals surface area contributed by atoms with E-state index in [0.29, 0.717) is 20.7 Å². The molecule has 1 rings (SSSR count). The average molecular weight is 201 g/mol. The summed E-state index contributed by atoms with van der Waals surface area (Å²) in [5, 5.41) is 2.41. The zero-order chi connectivity index (χ0) is 9.84. The lowest BCUT2D eigenvalue weighted by Crippen LogP contribution is -2.46. The first kappa shape index (κ1) is 10.6. The summed E-state index contributed by atoms with van der Waals surface area (Å²) in [5.41, 5.74) is 0.293. The van der Waals surface area contributed by atoms with Gasteiger partial charge in [0.25, 0.3) is 0 Å². The molecule has 3 atom stereocenters. The zero-order valence-electron chi connectivity index (χ0n) is 8.09. The number of carbonyl (C=O) groups excluding carboxylic acids is 2. The Morgan fingerprint density at radius 3 is 2.77 bits per heavy atom. The van der Waals surface area contributed by atoms with Crippen molar-refractivity contribution in [2.45, 2.75) is 31.8 Å². The van der Waals surface area contributed by atoms with Crippen LogP contribution in [0.3, 0.4) is 0 Å². The fourth-order valence-electron chi connectivity index (χ4n) is 1.75. The highest BCUT2D eigenvalue weighted by Gasteiger charge is 2.33. The molecule has 74 valence electrons. The lowest BCUT2D eigenvalue weighted by atomic mass is 9.93. The smallest absolute Gasteiger partial charge is 0.230 e. The topological polar surface area (TPSA) is 46.2 Å². The molecule has 0 aromatic carbocycles. The molecule has 1 saturated heterocycles. The van der Waals surface area contributed by atoms with E-state index in [-0.39, 0.29) is 17.7 Å². The van der Waals surface area contributed by atoms with Gasteiger partial charge in [-0.2, -0.15) is 0 Å². The molecule has 3 nitrogen and oxygen atoms in total. The Balaban J connectivity index is 2.65. The van der Waals surface area contributed by atoms with Crippen molar-refractivity contribution in [2.75, 3.05) is 6.66 Å². The van der Waals surface area contributed by atoms with Crippen LogP contribution in [0.15, 0.2) is 0 Å². The number of nitrogens with one attached hydrogen (secondary N) is 1. The first-order valence-electron chi connectivity index (χ1n) is 4.70. The van der Waals surface area contributed by atoms with Crippen LogP contribution in [0.1, 0.15) is 26.2 Å². The highest BCUT2D eigenvalue weighted by molar-refractivity contribution is 7.38. The van der Waals surface area contributed by atoms with Crippen LogP contribution in [0.2, 0.25) is 0 Å². The lowest BCUT2D eigenvalue weighted by molar-refractivity contribution is -0.136. The number of piperidine rings is 1. The normalized spacial score (nSPS) is 29.7. The van der Waals surface area contributed by atoms with E-state index < -0.39 is 0 Å². The van der Waals surface area contributed by atoms with E-state index in [2.05, 4.69) is 18.9 Å². The molecule has 2 amide bonds. The number of imide groups is 1. The third-order valence-electron chi connectivity index (χ3n) is 2.46. The SMILES string of the molecule is CCCC1C(=O)NC(=O)CC1PC. The van der Waals surface area contributed by atoms with Gasteiger partial charge in [-0.05, 0) is 18.7 Å². The van der Waals surface area contributed by atoms with Crippen LogP contribution in [0.25, 0.3) is 0 Å². The Labute approximate surface area is 80.4 Å². The number of carbonyl (C=O) groups is 2. The van der Waals surface area contributed by atoms with Crippen molar-refractivity contribution in [3.05, 3.63) is 0 Å². The minimum absolute atomic E-state index is 0.0579. The largest absolute Gasteiger partial charge is 0.296 e. The number of hydrogen-bond acceptors (Lipinski definition) is 2. The maximum absolute atomic E-state index is 11.4. The third kappa shape index (κ3) is 2.50. The molecule has 0 saturated carbocycles. The molecule has 1 N–H and O–H groups in total. The number of amides is 2. The molecule has 0 aromatic rings. The van der Waals surface area contributed by atoms with E-state index in [9.17, 15) is 9.59 Å².